The Balaban J connectivity index is 0.973. The van der Waals surface area contributed by atoms with Crippen LogP contribution in [0, 0.1) is 0 Å². The first-order chi connectivity index (χ1) is 30.7. The molecule has 12 rings (SSSR count). The summed E-state index contributed by atoms with van der Waals surface area (Å²) in [6, 6.07) is 80.3. The van der Waals surface area contributed by atoms with Crippen LogP contribution in [0.2, 0.25) is 0 Å². The van der Waals surface area contributed by atoms with Gasteiger partial charge in [0.25, 0.3) is 0 Å². The Hall–Kier alpha value is -8.34. The van der Waals surface area contributed by atoms with E-state index < -0.39 is 0 Å². The van der Waals surface area contributed by atoms with E-state index in [1.165, 1.54) is 38.5 Å². The van der Waals surface area contributed by atoms with Crippen molar-refractivity contribution in [2.75, 3.05) is 0 Å². The molecular formula is C58H38N4. The minimum atomic E-state index is 0.633. The Morgan fingerprint density at radius 2 is 0.742 bits per heavy atom. The Morgan fingerprint density at radius 1 is 0.274 bits per heavy atom. The summed E-state index contributed by atoms with van der Waals surface area (Å²) in [5, 5.41) is 4.80. The largest absolute Gasteiger partial charge is 0.309 e. The summed E-state index contributed by atoms with van der Waals surface area (Å²) in [5.74, 6) is 0.633. The summed E-state index contributed by atoms with van der Waals surface area (Å²) >= 11 is 0. The standard InChI is InChI=1S/C58H38N4/c1-4-14-39(15-5-1)41-24-26-42(27-25-41)46-34-45(40-16-6-2-7-17-40)35-47(36-46)53-32-33-59-58(60-53)62-55-23-13-11-21-50(55)52-37-43(29-31-56(52)62)44-28-30-51-49-20-10-12-22-54(49)61(57(51)38-44)48-18-8-3-9-19-48/h1-38H. The van der Waals surface area contributed by atoms with Crippen molar-refractivity contribution in [2.24, 2.45) is 0 Å². The fourth-order valence-corrected chi connectivity index (χ4v) is 9.22. The number of fused-ring (bicyclic) bond motifs is 6. The molecule has 62 heavy (non-hydrogen) atoms. The molecule has 0 bridgehead atoms. The second-order valence-corrected chi connectivity index (χ2v) is 15.9. The van der Waals surface area contributed by atoms with E-state index in [0.29, 0.717) is 5.95 Å². The van der Waals surface area contributed by atoms with Gasteiger partial charge in [-0.25, -0.2) is 9.97 Å². The van der Waals surface area contributed by atoms with Crippen molar-refractivity contribution in [3.63, 3.8) is 0 Å². The molecule has 0 unspecified atom stereocenters. The molecule has 0 aliphatic rings. The van der Waals surface area contributed by atoms with Crippen LogP contribution in [-0.4, -0.2) is 19.1 Å². The highest BCUT2D eigenvalue weighted by Crippen LogP contribution is 2.39. The lowest BCUT2D eigenvalue weighted by Gasteiger charge is -2.13. The Morgan fingerprint density at radius 3 is 1.44 bits per heavy atom. The van der Waals surface area contributed by atoms with Crippen LogP contribution in [0.25, 0.3) is 111 Å². The normalized spacial score (nSPS) is 11.5. The van der Waals surface area contributed by atoms with Gasteiger partial charge < -0.3 is 4.57 Å². The number of aromatic nitrogens is 4. The highest BCUT2D eigenvalue weighted by Gasteiger charge is 2.18. The van der Waals surface area contributed by atoms with Crippen molar-refractivity contribution in [1.29, 1.82) is 0 Å². The molecule has 0 radical (unpaired) electrons. The van der Waals surface area contributed by atoms with Crippen molar-refractivity contribution in [3.8, 4) is 67.4 Å². The van der Waals surface area contributed by atoms with Gasteiger partial charge in [0.05, 0.1) is 27.8 Å². The van der Waals surface area contributed by atoms with Crippen molar-refractivity contribution in [2.45, 2.75) is 0 Å². The quantitative estimate of drug-likeness (QED) is 0.161. The van der Waals surface area contributed by atoms with E-state index in [9.17, 15) is 0 Å². The van der Waals surface area contributed by atoms with Gasteiger partial charge in [0.15, 0.2) is 0 Å². The average Bonchev–Trinajstić information content (AvgIpc) is 3.87. The molecule has 0 aliphatic carbocycles. The monoisotopic (exact) mass is 790 g/mol. The molecule has 0 fully saturated rings. The molecular weight excluding hydrogens is 753 g/mol. The van der Waals surface area contributed by atoms with Crippen LogP contribution >= 0.6 is 0 Å². The second kappa shape index (κ2) is 14.7. The van der Waals surface area contributed by atoms with Gasteiger partial charge in [0.1, 0.15) is 0 Å². The summed E-state index contributed by atoms with van der Waals surface area (Å²) in [7, 11) is 0. The minimum absolute atomic E-state index is 0.633. The summed E-state index contributed by atoms with van der Waals surface area (Å²) < 4.78 is 4.59. The smallest absolute Gasteiger partial charge is 0.235 e. The van der Waals surface area contributed by atoms with Crippen LogP contribution in [0.4, 0.5) is 0 Å². The lowest BCUT2D eigenvalue weighted by Crippen LogP contribution is -2.01. The summed E-state index contributed by atoms with van der Waals surface area (Å²) in [6.45, 7) is 0. The third-order valence-electron chi connectivity index (χ3n) is 12.2. The molecule has 3 heterocycles. The van der Waals surface area contributed by atoms with E-state index in [1.54, 1.807) is 0 Å². The van der Waals surface area contributed by atoms with Crippen LogP contribution in [0.15, 0.2) is 231 Å². The van der Waals surface area contributed by atoms with Crippen LogP contribution in [0.3, 0.4) is 0 Å². The zero-order valence-corrected chi connectivity index (χ0v) is 33.7. The first-order valence-corrected chi connectivity index (χ1v) is 21.1. The molecule has 0 amide bonds. The summed E-state index contributed by atoms with van der Waals surface area (Å²) in [4.78, 5) is 10.3. The molecule has 12 aromatic rings. The topological polar surface area (TPSA) is 35.6 Å². The lowest BCUT2D eigenvalue weighted by atomic mass is 9.94. The summed E-state index contributed by atoms with van der Waals surface area (Å²) in [6.07, 6.45) is 1.89. The SMILES string of the molecule is c1ccc(-c2ccc(-c3cc(-c4ccccc4)cc(-c4ccnc(-n5c6ccccc6c6cc(-c7ccc8c9ccccc9n(-c9ccccc9)c8c7)ccc65)n4)c3)cc2)cc1. The maximum atomic E-state index is 5.33. The average molecular weight is 791 g/mol. The highest BCUT2D eigenvalue weighted by atomic mass is 15.2. The first kappa shape index (κ1) is 35.6. The van der Waals surface area contributed by atoms with Crippen LogP contribution in [0.1, 0.15) is 0 Å². The van der Waals surface area contributed by atoms with E-state index in [4.69, 9.17) is 9.97 Å². The molecule has 0 saturated heterocycles. The third-order valence-corrected chi connectivity index (χ3v) is 12.2. The lowest BCUT2D eigenvalue weighted by molar-refractivity contribution is 0.992. The van der Waals surface area contributed by atoms with Gasteiger partial charge in [0.2, 0.25) is 5.95 Å². The maximum absolute atomic E-state index is 5.33. The molecule has 0 N–H and O–H groups in total. The van der Waals surface area contributed by atoms with Crippen molar-refractivity contribution >= 4 is 43.6 Å². The number of benzene rings is 9. The fraction of sp³-hybridized carbons (Fsp3) is 0. The van der Waals surface area contributed by atoms with Crippen LogP contribution < -0.4 is 0 Å². The van der Waals surface area contributed by atoms with E-state index in [1.807, 2.05) is 12.3 Å². The highest BCUT2D eigenvalue weighted by molar-refractivity contribution is 6.12. The van der Waals surface area contributed by atoms with Crippen molar-refractivity contribution in [1.82, 2.24) is 19.1 Å². The number of nitrogens with zero attached hydrogens (tertiary/aromatic N) is 4. The zero-order valence-electron chi connectivity index (χ0n) is 33.7. The number of para-hydroxylation sites is 3. The summed E-state index contributed by atoms with van der Waals surface area (Å²) in [5.41, 5.74) is 16.8. The predicted molar refractivity (Wildman–Crippen MR) is 258 cm³/mol. The van der Waals surface area contributed by atoms with Crippen molar-refractivity contribution in [3.05, 3.63) is 231 Å². The van der Waals surface area contributed by atoms with Crippen LogP contribution in [0.5, 0.6) is 0 Å². The number of hydrogen-bond donors (Lipinski definition) is 0. The molecule has 290 valence electrons. The molecule has 0 spiro atoms. The predicted octanol–water partition coefficient (Wildman–Crippen LogP) is 15.0. The first-order valence-electron chi connectivity index (χ1n) is 21.1. The molecule has 4 heteroatoms. The molecule has 0 aliphatic heterocycles. The number of rotatable bonds is 7. The molecule has 3 aromatic heterocycles. The van der Waals surface area contributed by atoms with E-state index >= 15 is 0 Å². The third kappa shape index (κ3) is 6.08. The number of hydrogen-bond acceptors (Lipinski definition) is 2. The van der Waals surface area contributed by atoms with E-state index in [-0.39, 0.29) is 0 Å². The Kier molecular flexibility index (Phi) is 8.46. The Labute approximate surface area is 359 Å². The van der Waals surface area contributed by atoms with Gasteiger partial charge in [0, 0.05) is 39.0 Å². The van der Waals surface area contributed by atoms with Gasteiger partial charge in [-0.1, -0.05) is 158 Å². The van der Waals surface area contributed by atoms with Gasteiger partial charge in [-0.15, -0.1) is 0 Å². The van der Waals surface area contributed by atoms with Crippen molar-refractivity contribution < 1.29 is 0 Å². The zero-order chi connectivity index (χ0) is 41.0. The molecule has 9 aromatic carbocycles. The fourth-order valence-electron chi connectivity index (χ4n) is 9.22. The van der Waals surface area contributed by atoms with E-state index in [0.717, 1.165) is 66.6 Å². The Bertz CT molecular complexity index is 3600. The minimum Gasteiger partial charge on any atom is -0.309 e. The second-order valence-electron chi connectivity index (χ2n) is 15.9. The van der Waals surface area contributed by atoms with Gasteiger partial charge in [-0.3, -0.25) is 4.57 Å². The van der Waals surface area contributed by atoms with Gasteiger partial charge >= 0.3 is 0 Å². The maximum Gasteiger partial charge on any atom is 0.235 e. The van der Waals surface area contributed by atoms with Crippen LogP contribution in [-0.2, 0) is 0 Å². The molecule has 0 atom stereocenters. The van der Waals surface area contributed by atoms with Gasteiger partial charge in [-0.05, 0) is 111 Å². The molecule has 4 nitrogen and oxygen atoms in total. The van der Waals surface area contributed by atoms with Gasteiger partial charge in [-0.2, -0.15) is 0 Å². The molecule has 0 saturated carbocycles. The van der Waals surface area contributed by atoms with E-state index in [2.05, 4.69) is 228 Å².